The Morgan fingerprint density at radius 1 is 1.59 bits per heavy atom. The van der Waals surface area contributed by atoms with Crippen molar-refractivity contribution in [3.63, 3.8) is 0 Å². The maximum atomic E-state index is 13.8. The van der Waals surface area contributed by atoms with Crippen molar-refractivity contribution >= 4 is 5.84 Å². The number of benzene rings is 1. The van der Waals surface area contributed by atoms with Crippen molar-refractivity contribution in [2.75, 3.05) is 20.7 Å². The molecular weight excluding hydrogens is 225 g/mol. The molecule has 0 aliphatic heterocycles. The lowest BCUT2D eigenvalue weighted by Gasteiger charge is -2.16. The van der Waals surface area contributed by atoms with Crippen LogP contribution in [-0.4, -0.2) is 36.6 Å². The first-order chi connectivity index (χ1) is 8.08. The van der Waals surface area contributed by atoms with Gasteiger partial charge >= 0.3 is 0 Å². The van der Waals surface area contributed by atoms with Crippen molar-refractivity contribution in [2.45, 2.75) is 6.54 Å². The van der Waals surface area contributed by atoms with Crippen LogP contribution in [0.3, 0.4) is 0 Å². The van der Waals surface area contributed by atoms with Gasteiger partial charge in [0, 0.05) is 12.1 Å². The zero-order chi connectivity index (χ0) is 12.8. The van der Waals surface area contributed by atoms with E-state index in [4.69, 9.17) is 15.7 Å². The van der Waals surface area contributed by atoms with E-state index in [2.05, 4.69) is 5.16 Å². The molecule has 0 saturated heterocycles. The fraction of sp³-hybridized carbons (Fsp3) is 0.364. The topological polar surface area (TPSA) is 71.1 Å². The van der Waals surface area contributed by atoms with Crippen LogP contribution < -0.4 is 10.5 Å². The Balaban J connectivity index is 2.74. The summed E-state index contributed by atoms with van der Waals surface area (Å²) in [6.07, 6.45) is 0. The molecule has 0 radical (unpaired) electrons. The minimum absolute atomic E-state index is 0.0794. The summed E-state index contributed by atoms with van der Waals surface area (Å²) in [6.45, 7) is 0.604. The Morgan fingerprint density at radius 3 is 2.88 bits per heavy atom. The maximum absolute atomic E-state index is 13.8. The van der Waals surface area contributed by atoms with E-state index in [0.717, 1.165) is 0 Å². The number of ether oxygens (including phenoxy) is 1. The molecule has 0 atom stereocenters. The zero-order valence-electron chi connectivity index (χ0n) is 9.85. The number of likely N-dealkylation sites (N-methyl/N-ethyl adjacent to an activating group) is 1. The van der Waals surface area contributed by atoms with E-state index in [1.165, 1.54) is 7.11 Å². The van der Waals surface area contributed by atoms with Crippen LogP contribution in [-0.2, 0) is 6.54 Å². The first kappa shape index (κ1) is 13.2. The molecule has 1 rings (SSSR count). The van der Waals surface area contributed by atoms with Gasteiger partial charge in [0.25, 0.3) is 0 Å². The van der Waals surface area contributed by atoms with Crippen molar-refractivity contribution in [3.05, 3.63) is 29.6 Å². The van der Waals surface area contributed by atoms with Crippen molar-refractivity contribution in [1.29, 1.82) is 0 Å². The standard InChI is InChI=1S/C11H16FN3O2/c1-15(7-10(13)14-16)6-8-4-3-5-9(17-2)11(8)12/h3-5,16H,6-7H2,1-2H3,(H2,13,14). The van der Waals surface area contributed by atoms with Crippen molar-refractivity contribution in [3.8, 4) is 5.75 Å². The van der Waals surface area contributed by atoms with Gasteiger partial charge in [0.15, 0.2) is 17.4 Å². The summed E-state index contributed by atoms with van der Waals surface area (Å²) >= 11 is 0. The van der Waals surface area contributed by atoms with Gasteiger partial charge in [0.05, 0.1) is 13.7 Å². The van der Waals surface area contributed by atoms with Gasteiger partial charge in [-0.3, -0.25) is 4.90 Å². The van der Waals surface area contributed by atoms with Crippen molar-refractivity contribution in [1.82, 2.24) is 4.90 Å². The fourth-order valence-corrected chi connectivity index (χ4v) is 1.49. The second kappa shape index (κ2) is 6.05. The molecule has 3 N–H and O–H groups in total. The van der Waals surface area contributed by atoms with Gasteiger partial charge in [-0.2, -0.15) is 0 Å². The first-order valence-corrected chi connectivity index (χ1v) is 5.04. The Bertz CT molecular complexity index is 410. The van der Waals surface area contributed by atoms with Crippen molar-refractivity contribution in [2.24, 2.45) is 10.9 Å². The molecular formula is C11H16FN3O2. The predicted molar refractivity (Wildman–Crippen MR) is 62.7 cm³/mol. The van der Waals surface area contributed by atoms with E-state index in [9.17, 15) is 4.39 Å². The molecule has 0 bridgehead atoms. The molecule has 0 unspecified atom stereocenters. The summed E-state index contributed by atoms with van der Waals surface area (Å²) in [5.74, 6) is -0.100. The fourth-order valence-electron chi connectivity index (χ4n) is 1.49. The lowest BCUT2D eigenvalue weighted by molar-refractivity contribution is 0.307. The molecule has 0 aromatic heterocycles. The van der Waals surface area contributed by atoms with E-state index in [1.54, 1.807) is 30.1 Å². The Morgan fingerprint density at radius 2 is 2.29 bits per heavy atom. The molecule has 0 heterocycles. The number of rotatable bonds is 5. The van der Waals surface area contributed by atoms with Crippen LogP contribution in [0.5, 0.6) is 5.75 Å². The van der Waals surface area contributed by atoms with E-state index < -0.39 is 0 Å². The van der Waals surface area contributed by atoms with Gasteiger partial charge < -0.3 is 15.7 Å². The highest BCUT2D eigenvalue weighted by Crippen LogP contribution is 2.20. The second-order valence-electron chi connectivity index (χ2n) is 3.70. The molecule has 1 aromatic rings. The van der Waals surface area contributed by atoms with Crippen LogP contribution >= 0.6 is 0 Å². The largest absolute Gasteiger partial charge is 0.494 e. The molecule has 0 spiro atoms. The third-order valence-corrected chi connectivity index (χ3v) is 2.26. The number of hydrogen-bond acceptors (Lipinski definition) is 4. The molecule has 1 aromatic carbocycles. The zero-order valence-corrected chi connectivity index (χ0v) is 9.85. The molecule has 6 heteroatoms. The number of hydrogen-bond donors (Lipinski definition) is 2. The van der Waals surface area contributed by atoms with Crippen LogP contribution in [0.25, 0.3) is 0 Å². The molecule has 0 fully saturated rings. The monoisotopic (exact) mass is 241 g/mol. The van der Waals surface area contributed by atoms with E-state index in [0.29, 0.717) is 12.1 Å². The van der Waals surface area contributed by atoms with Gasteiger partial charge in [-0.15, -0.1) is 0 Å². The lowest BCUT2D eigenvalue weighted by Crippen LogP contribution is -2.30. The SMILES string of the molecule is COc1cccc(CN(C)C/C(N)=N/O)c1F. The van der Waals surface area contributed by atoms with Crippen molar-refractivity contribution < 1.29 is 14.3 Å². The summed E-state index contributed by atoms with van der Waals surface area (Å²) < 4.78 is 18.7. The number of methoxy groups -OCH3 is 1. The molecule has 0 aliphatic carbocycles. The predicted octanol–water partition coefficient (Wildman–Crippen LogP) is 1.01. The van der Waals surface area contributed by atoms with Gasteiger partial charge in [-0.1, -0.05) is 17.3 Å². The third-order valence-electron chi connectivity index (χ3n) is 2.26. The van der Waals surface area contributed by atoms with Crippen LogP contribution in [0, 0.1) is 5.82 Å². The summed E-state index contributed by atoms with van der Waals surface area (Å²) in [5.41, 5.74) is 5.86. The molecule has 94 valence electrons. The summed E-state index contributed by atoms with van der Waals surface area (Å²) in [6, 6.07) is 4.94. The minimum atomic E-state index is -0.388. The van der Waals surface area contributed by atoms with Gasteiger partial charge in [-0.05, 0) is 13.1 Å². The summed E-state index contributed by atoms with van der Waals surface area (Å²) in [5, 5.41) is 11.3. The number of halogens is 1. The van der Waals surface area contributed by atoms with Crippen LogP contribution in [0.15, 0.2) is 23.4 Å². The van der Waals surface area contributed by atoms with E-state index >= 15 is 0 Å². The Kier molecular flexibility index (Phi) is 4.71. The quantitative estimate of drug-likeness (QED) is 0.349. The lowest BCUT2D eigenvalue weighted by atomic mass is 10.2. The average molecular weight is 241 g/mol. The maximum Gasteiger partial charge on any atom is 0.169 e. The number of nitrogens with zero attached hydrogens (tertiary/aromatic N) is 2. The van der Waals surface area contributed by atoms with Gasteiger partial charge in [0.1, 0.15) is 0 Å². The highest BCUT2D eigenvalue weighted by atomic mass is 19.1. The molecule has 5 nitrogen and oxygen atoms in total. The smallest absolute Gasteiger partial charge is 0.169 e. The number of amidine groups is 1. The highest BCUT2D eigenvalue weighted by molar-refractivity contribution is 5.81. The normalized spacial score (nSPS) is 11.9. The third kappa shape index (κ3) is 3.60. The number of oxime groups is 1. The van der Waals surface area contributed by atoms with Crippen LogP contribution in [0.2, 0.25) is 0 Å². The second-order valence-corrected chi connectivity index (χ2v) is 3.70. The molecule has 0 amide bonds. The minimum Gasteiger partial charge on any atom is -0.494 e. The Labute approximate surface area is 99.3 Å². The highest BCUT2D eigenvalue weighted by Gasteiger charge is 2.11. The molecule has 0 saturated carbocycles. The summed E-state index contributed by atoms with van der Waals surface area (Å²) in [7, 11) is 3.17. The van der Waals surface area contributed by atoms with Crippen LogP contribution in [0.1, 0.15) is 5.56 Å². The summed E-state index contributed by atoms with van der Waals surface area (Å²) in [4.78, 5) is 1.73. The van der Waals surface area contributed by atoms with Crippen LogP contribution in [0.4, 0.5) is 4.39 Å². The first-order valence-electron chi connectivity index (χ1n) is 5.04. The van der Waals surface area contributed by atoms with E-state index in [1.807, 2.05) is 0 Å². The van der Waals surface area contributed by atoms with E-state index in [-0.39, 0.29) is 23.9 Å². The van der Waals surface area contributed by atoms with Gasteiger partial charge in [-0.25, -0.2) is 4.39 Å². The van der Waals surface area contributed by atoms with Gasteiger partial charge in [0.2, 0.25) is 0 Å². The molecule has 0 aliphatic rings. The Hall–Kier alpha value is -1.82. The average Bonchev–Trinajstić information content (AvgIpc) is 2.31. The number of nitrogens with two attached hydrogens (primary N) is 1. The molecule has 17 heavy (non-hydrogen) atoms.